The van der Waals surface area contributed by atoms with E-state index in [-0.39, 0.29) is 29.4 Å². The van der Waals surface area contributed by atoms with Crippen LogP contribution in [0, 0.1) is 5.92 Å². The Kier molecular flexibility index (Phi) is 3.65. The molecule has 3 rings (SSSR count). The van der Waals surface area contributed by atoms with Gasteiger partial charge in [0.25, 0.3) is 0 Å². The van der Waals surface area contributed by atoms with Gasteiger partial charge in [-0.15, -0.1) is 0 Å². The molecule has 0 aromatic heterocycles. The zero-order valence-electron chi connectivity index (χ0n) is 11.5. The zero-order chi connectivity index (χ0) is 13.5. The zero-order valence-corrected chi connectivity index (χ0v) is 12.3. The minimum atomic E-state index is -2.82. The fraction of sp³-hybridized carbons (Fsp3) is 1.00. The van der Waals surface area contributed by atoms with E-state index in [4.69, 9.17) is 10.5 Å². The lowest BCUT2D eigenvalue weighted by Gasteiger charge is -2.26. The van der Waals surface area contributed by atoms with Gasteiger partial charge in [0.15, 0.2) is 9.84 Å². The highest BCUT2D eigenvalue weighted by atomic mass is 32.2. The maximum absolute atomic E-state index is 11.5. The lowest BCUT2D eigenvalue weighted by molar-refractivity contribution is -0.0422. The SMILES string of the molecule is NC(CC1CCC2(CCCC2)O1)C1CCS(=O)(=O)C1. The van der Waals surface area contributed by atoms with Gasteiger partial charge in [-0.25, -0.2) is 8.42 Å². The lowest BCUT2D eigenvalue weighted by atomic mass is 9.93. The van der Waals surface area contributed by atoms with Crippen molar-refractivity contribution in [1.82, 2.24) is 0 Å². The van der Waals surface area contributed by atoms with Gasteiger partial charge in [-0.1, -0.05) is 12.8 Å². The average molecular weight is 287 g/mol. The molecule has 0 amide bonds. The molecule has 1 saturated carbocycles. The molecule has 2 heterocycles. The summed E-state index contributed by atoms with van der Waals surface area (Å²) in [4.78, 5) is 0. The number of sulfone groups is 1. The maximum Gasteiger partial charge on any atom is 0.150 e. The van der Waals surface area contributed by atoms with E-state index in [1.54, 1.807) is 0 Å². The second-order valence-corrected chi connectivity index (χ2v) is 8.96. The fourth-order valence-corrected chi connectivity index (χ4v) is 6.00. The summed E-state index contributed by atoms with van der Waals surface area (Å²) in [5.41, 5.74) is 6.38. The molecule has 0 aromatic carbocycles. The molecule has 3 unspecified atom stereocenters. The Morgan fingerprint density at radius 3 is 2.58 bits per heavy atom. The van der Waals surface area contributed by atoms with Crippen LogP contribution in [0.3, 0.4) is 0 Å². The van der Waals surface area contributed by atoms with Gasteiger partial charge >= 0.3 is 0 Å². The predicted molar refractivity (Wildman–Crippen MR) is 74.7 cm³/mol. The molecule has 1 aliphatic carbocycles. The third-order valence-corrected chi connectivity index (χ3v) is 7.06. The van der Waals surface area contributed by atoms with E-state index in [0.29, 0.717) is 5.75 Å². The van der Waals surface area contributed by atoms with Gasteiger partial charge in [-0.3, -0.25) is 0 Å². The van der Waals surface area contributed by atoms with Crippen LogP contribution in [0.25, 0.3) is 0 Å². The minimum Gasteiger partial charge on any atom is -0.372 e. The van der Waals surface area contributed by atoms with E-state index in [2.05, 4.69) is 0 Å². The molecule has 3 aliphatic rings. The van der Waals surface area contributed by atoms with Crippen molar-refractivity contribution < 1.29 is 13.2 Å². The Morgan fingerprint density at radius 2 is 1.95 bits per heavy atom. The quantitative estimate of drug-likeness (QED) is 0.856. The molecule has 110 valence electrons. The van der Waals surface area contributed by atoms with E-state index >= 15 is 0 Å². The molecule has 19 heavy (non-hydrogen) atoms. The minimum absolute atomic E-state index is 0.0150. The third kappa shape index (κ3) is 2.98. The predicted octanol–water partition coefficient (Wildman–Crippen LogP) is 1.63. The number of hydrogen-bond acceptors (Lipinski definition) is 4. The van der Waals surface area contributed by atoms with E-state index in [9.17, 15) is 8.42 Å². The highest BCUT2D eigenvalue weighted by Crippen LogP contribution is 2.44. The molecule has 2 N–H and O–H groups in total. The van der Waals surface area contributed by atoms with Gasteiger partial charge in [-0.05, 0) is 44.4 Å². The van der Waals surface area contributed by atoms with Crippen molar-refractivity contribution in [2.75, 3.05) is 11.5 Å². The van der Waals surface area contributed by atoms with Crippen LogP contribution in [0.2, 0.25) is 0 Å². The first-order chi connectivity index (χ1) is 8.98. The Balaban J connectivity index is 1.52. The first-order valence-corrected chi connectivity index (χ1v) is 9.44. The molecule has 2 saturated heterocycles. The summed E-state index contributed by atoms with van der Waals surface area (Å²) >= 11 is 0. The van der Waals surface area contributed by atoms with E-state index in [1.165, 1.54) is 32.1 Å². The van der Waals surface area contributed by atoms with Crippen molar-refractivity contribution in [2.24, 2.45) is 11.7 Å². The average Bonchev–Trinajstić information content (AvgIpc) is 3.03. The van der Waals surface area contributed by atoms with Crippen LogP contribution in [0.1, 0.15) is 51.4 Å². The Bertz CT molecular complexity index is 428. The molecule has 0 aromatic rings. The van der Waals surface area contributed by atoms with Gasteiger partial charge in [0.05, 0.1) is 23.2 Å². The van der Waals surface area contributed by atoms with Crippen LogP contribution < -0.4 is 5.73 Å². The first-order valence-electron chi connectivity index (χ1n) is 7.62. The fourth-order valence-electron chi connectivity index (χ4n) is 4.11. The third-order valence-electron chi connectivity index (χ3n) is 5.26. The van der Waals surface area contributed by atoms with Gasteiger partial charge < -0.3 is 10.5 Å². The van der Waals surface area contributed by atoms with Crippen LogP contribution in [0.15, 0.2) is 0 Å². The standard InChI is InChI=1S/C14H25NO3S/c15-13(11-4-8-19(16,17)10-11)9-12-3-7-14(18-12)5-1-2-6-14/h11-13H,1-10,15H2. The molecule has 3 fully saturated rings. The summed E-state index contributed by atoms with van der Waals surface area (Å²) in [6.45, 7) is 0. The second-order valence-electron chi connectivity index (χ2n) is 6.73. The van der Waals surface area contributed by atoms with E-state index in [1.807, 2.05) is 0 Å². The molecule has 4 nitrogen and oxygen atoms in total. The van der Waals surface area contributed by atoms with Crippen molar-refractivity contribution in [3.63, 3.8) is 0 Å². The van der Waals surface area contributed by atoms with E-state index in [0.717, 1.165) is 19.3 Å². The molecular weight excluding hydrogens is 262 g/mol. The summed E-state index contributed by atoms with van der Waals surface area (Å²) < 4.78 is 29.3. The number of nitrogens with two attached hydrogens (primary N) is 1. The number of rotatable bonds is 3. The van der Waals surface area contributed by atoms with Crippen LogP contribution in [-0.4, -0.2) is 37.7 Å². The van der Waals surface area contributed by atoms with Gasteiger partial charge in [0.1, 0.15) is 0 Å². The van der Waals surface area contributed by atoms with Crippen molar-refractivity contribution in [1.29, 1.82) is 0 Å². The topological polar surface area (TPSA) is 69.4 Å². The Hall–Kier alpha value is -0.130. The molecule has 3 atom stereocenters. The van der Waals surface area contributed by atoms with Gasteiger partial charge in [0, 0.05) is 6.04 Å². The molecular formula is C14H25NO3S. The van der Waals surface area contributed by atoms with Crippen molar-refractivity contribution in [3.8, 4) is 0 Å². The Morgan fingerprint density at radius 1 is 1.21 bits per heavy atom. The van der Waals surface area contributed by atoms with Gasteiger partial charge in [0.2, 0.25) is 0 Å². The highest BCUT2D eigenvalue weighted by Gasteiger charge is 2.43. The highest BCUT2D eigenvalue weighted by molar-refractivity contribution is 7.91. The molecule has 0 radical (unpaired) electrons. The number of ether oxygens (including phenoxy) is 1. The van der Waals surface area contributed by atoms with Crippen molar-refractivity contribution >= 4 is 9.84 Å². The van der Waals surface area contributed by atoms with Crippen LogP contribution in [-0.2, 0) is 14.6 Å². The van der Waals surface area contributed by atoms with Crippen molar-refractivity contribution in [3.05, 3.63) is 0 Å². The lowest BCUT2D eigenvalue weighted by Crippen LogP contribution is -2.35. The molecule has 2 aliphatic heterocycles. The molecule has 1 spiro atoms. The Labute approximate surface area is 116 Å². The summed E-state index contributed by atoms with van der Waals surface area (Å²) in [7, 11) is -2.82. The van der Waals surface area contributed by atoms with Crippen molar-refractivity contribution in [2.45, 2.75) is 69.1 Å². The second kappa shape index (κ2) is 5.01. The summed E-state index contributed by atoms with van der Waals surface area (Å²) in [6.07, 6.45) is 9.10. The van der Waals surface area contributed by atoms with Crippen LogP contribution >= 0.6 is 0 Å². The maximum atomic E-state index is 11.5. The first kappa shape index (κ1) is 13.8. The van der Waals surface area contributed by atoms with E-state index < -0.39 is 9.84 Å². The summed E-state index contributed by atoms with van der Waals surface area (Å²) in [6, 6.07) is -0.0150. The summed E-state index contributed by atoms with van der Waals surface area (Å²) in [5.74, 6) is 0.751. The van der Waals surface area contributed by atoms with Crippen LogP contribution in [0.5, 0.6) is 0 Å². The monoisotopic (exact) mass is 287 g/mol. The molecule has 0 bridgehead atoms. The largest absolute Gasteiger partial charge is 0.372 e. The van der Waals surface area contributed by atoms with Crippen LogP contribution in [0.4, 0.5) is 0 Å². The van der Waals surface area contributed by atoms with Gasteiger partial charge in [-0.2, -0.15) is 0 Å². The number of hydrogen-bond donors (Lipinski definition) is 1. The smallest absolute Gasteiger partial charge is 0.150 e. The normalized spacial score (nSPS) is 37.9. The summed E-state index contributed by atoms with van der Waals surface area (Å²) in [5, 5.41) is 0. The molecule has 5 heteroatoms.